The number of anilines is 1. The lowest BCUT2D eigenvalue weighted by molar-refractivity contribution is 0.453. The van der Waals surface area contributed by atoms with Crippen LogP contribution in [0.5, 0.6) is 0 Å². The third-order valence-corrected chi connectivity index (χ3v) is 5.47. The lowest BCUT2D eigenvalue weighted by atomic mass is 9.95. The molecule has 0 heterocycles. The molecule has 2 unspecified atom stereocenters. The van der Waals surface area contributed by atoms with Crippen molar-refractivity contribution in [3.8, 4) is 0 Å². The van der Waals surface area contributed by atoms with Crippen molar-refractivity contribution in [1.82, 2.24) is 0 Å². The van der Waals surface area contributed by atoms with Gasteiger partial charge in [0.1, 0.15) is 15.7 Å². The molecule has 1 aromatic carbocycles. The molecule has 0 saturated heterocycles. The zero-order chi connectivity index (χ0) is 14.0. The van der Waals surface area contributed by atoms with Gasteiger partial charge < -0.3 is 5.32 Å². The number of rotatable bonds is 3. The zero-order valence-corrected chi connectivity index (χ0v) is 12.3. The van der Waals surface area contributed by atoms with Gasteiger partial charge >= 0.3 is 0 Å². The van der Waals surface area contributed by atoms with Crippen molar-refractivity contribution in [3.05, 3.63) is 29.0 Å². The number of hydrogen-bond donors (Lipinski definition) is 1. The summed E-state index contributed by atoms with van der Waals surface area (Å²) in [6, 6.07) is 4.60. The Morgan fingerprint density at radius 1 is 1.37 bits per heavy atom. The molecule has 106 valence electrons. The van der Waals surface area contributed by atoms with Crippen molar-refractivity contribution in [2.75, 3.05) is 11.6 Å². The fraction of sp³-hybridized carbons (Fsp3) is 0.538. The van der Waals surface area contributed by atoms with Crippen LogP contribution in [0.4, 0.5) is 10.1 Å². The maximum absolute atomic E-state index is 13.3. The predicted octanol–water partition coefficient (Wildman–Crippen LogP) is 3.25. The molecule has 1 aliphatic carbocycles. The first kappa shape index (κ1) is 14.6. The van der Waals surface area contributed by atoms with E-state index in [0.717, 1.165) is 12.8 Å². The molecule has 1 aromatic rings. The minimum absolute atomic E-state index is 0.0639. The molecule has 0 bridgehead atoms. The molecule has 2 rings (SSSR count). The molecule has 19 heavy (non-hydrogen) atoms. The van der Waals surface area contributed by atoms with Gasteiger partial charge in [-0.1, -0.05) is 18.0 Å². The molecule has 0 aromatic heterocycles. The van der Waals surface area contributed by atoms with Crippen molar-refractivity contribution in [2.45, 2.75) is 37.0 Å². The van der Waals surface area contributed by atoms with Gasteiger partial charge in [0.2, 0.25) is 0 Å². The summed E-state index contributed by atoms with van der Waals surface area (Å²) < 4.78 is 36.5. The van der Waals surface area contributed by atoms with Crippen LogP contribution in [-0.2, 0) is 9.84 Å². The van der Waals surface area contributed by atoms with Gasteiger partial charge in [-0.05, 0) is 37.5 Å². The molecule has 0 aliphatic heterocycles. The van der Waals surface area contributed by atoms with Gasteiger partial charge in [-0.2, -0.15) is 0 Å². The Morgan fingerprint density at radius 3 is 2.74 bits per heavy atom. The molecule has 6 heteroatoms. The van der Waals surface area contributed by atoms with Crippen LogP contribution in [0.15, 0.2) is 18.2 Å². The third kappa shape index (κ3) is 3.83. The largest absolute Gasteiger partial charge is 0.382 e. The summed E-state index contributed by atoms with van der Waals surface area (Å²) in [5, 5.41) is 2.98. The van der Waals surface area contributed by atoms with Gasteiger partial charge in [-0.15, -0.1) is 0 Å². The summed E-state index contributed by atoms with van der Waals surface area (Å²) in [7, 11) is -3.00. The van der Waals surface area contributed by atoms with E-state index in [9.17, 15) is 12.8 Å². The number of nitrogens with one attached hydrogen (secondary N) is 1. The summed E-state index contributed by atoms with van der Waals surface area (Å²) in [5.41, 5.74) is 0.640. The number of sulfone groups is 1. The highest BCUT2D eigenvalue weighted by molar-refractivity contribution is 7.91. The van der Waals surface area contributed by atoms with Gasteiger partial charge in [-0.25, -0.2) is 12.8 Å². The van der Waals surface area contributed by atoms with E-state index in [0.29, 0.717) is 18.5 Å². The second-order valence-electron chi connectivity index (χ2n) is 5.09. The molecular weight excluding hydrogens is 289 g/mol. The Labute approximate surface area is 118 Å². The minimum atomic E-state index is -3.00. The van der Waals surface area contributed by atoms with Crippen molar-refractivity contribution in [3.63, 3.8) is 0 Å². The number of benzene rings is 1. The smallest absolute Gasteiger partial charge is 0.150 e. The van der Waals surface area contributed by atoms with E-state index in [1.54, 1.807) is 6.07 Å². The standard InChI is InChI=1S/C13H17ClFNO2S/c1-19(17,18)11-4-2-3-9(7-11)16-10-5-6-12(14)13(15)8-10/h5-6,8-9,11,16H,2-4,7H2,1H3. The normalized spacial score (nSPS) is 24.2. The van der Waals surface area contributed by atoms with E-state index < -0.39 is 15.7 Å². The van der Waals surface area contributed by atoms with E-state index >= 15 is 0 Å². The molecule has 0 radical (unpaired) electrons. The monoisotopic (exact) mass is 305 g/mol. The molecule has 0 spiro atoms. The summed E-state index contributed by atoms with van der Waals surface area (Å²) in [6.07, 6.45) is 4.33. The fourth-order valence-electron chi connectivity index (χ4n) is 2.49. The SMILES string of the molecule is CS(=O)(=O)C1CCCC(Nc2ccc(Cl)c(F)c2)C1. The highest BCUT2D eigenvalue weighted by Gasteiger charge is 2.28. The van der Waals surface area contributed by atoms with Crippen LogP contribution < -0.4 is 5.32 Å². The lowest BCUT2D eigenvalue weighted by Gasteiger charge is -2.29. The first-order valence-electron chi connectivity index (χ1n) is 6.26. The maximum atomic E-state index is 13.3. The van der Waals surface area contributed by atoms with Crippen LogP contribution in [0.1, 0.15) is 25.7 Å². The fourth-order valence-corrected chi connectivity index (χ4v) is 3.78. The van der Waals surface area contributed by atoms with E-state index in [4.69, 9.17) is 11.6 Å². The van der Waals surface area contributed by atoms with Crippen molar-refractivity contribution in [1.29, 1.82) is 0 Å². The van der Waals surface area contributed by atoms with Crippen molar-refractivity contribution < 1.29 is 12.8 Å². The van der Waals surface area contributed by atoms with Crippen LogP contribution in [0.3, 0.4) is 0 Å². The summed E-state index contributed by atoms with van der Waals surface area (Å²) in [4.78, 5) is 0. The third-order valence-electron chi connectivity index (χ3n) is 3.52. The van der Waals surface area contributed by atoms with Gasteiger partial charge in [0, 0.05) is 18.0 Å². The van der Waals surface area contributed by atoms with E-state index in [1.807, 2.05) is 0 Å². The van der Waals surface area contributed by atoms with Crippen LogP contribution >= 0.6 is 11.6 Å². The Hall–Kier alpha value is -0.810. The van der Waals surface area contributed by atoms with E-state index in [-0.39, 0.29) is 16.3 Å². The molecule has 1 saturated carbocycles. The topological polar surface area (TPSA) is 46.2 Å². The van der Waals surface area contributed by atoms with Crippen LogP contribution in [0.25, 0.3) is 0 Å². The van der Waals surface area contributed by atoms with Gasteiger partial charge in [-0.3, -0.25) is 0 Å². The predicted molar refractivity (Wildman–Crippen MR) is 75.9 cm³/mol. The van der Waals surface area contributed by atoms with Crippen LogP contribution in [-0.4, -0.2) is 26.0 Å². The summed E-state index contributed by atoms with van der Waals surface area (Å²) >= 11 is 5.62. The Bertz CT molecular complexity index is 562. The van der Waals surface area contributed by atoms with Crippen molar-refractivity contribution >= 4 is 27.1 Å². The molecule has 1 N–H and O–H groups in total. The second kappa shape index (κ2) is 5.67. The zero-order valence-electron chi connectivity index (χ0n) is 10.7. The highest BCUT2D eigenvalue weighted by Crippen LogP contribution is 2.27. The van der Waals surface area contributed by atoms with E-state index in [2.05, 4.69) is 5.32 Å². The van der Waals surface area contributed by atoms with Crippen LogP contribution in [0.2, 0.25) is 5.02 Å². The lowest BCUT2D eigenvalue weighted by Crippen LogP contribution is -2.34. The van der Waals surface area contributed by atoms with Crippen molar-refractivity contribution in [2.24, 2.45) is 0 Å². The molecule has 0 amide bonds. The first-order chi connectivity index (χ1) is 8.86. The molecule has 3 nitrogen and oxygen atoms in total. The first-order valence-corrected chi connectivity index (χ1v) is 8.60. The summed E-state index contributed by atoms with van der Waals surface area (Å²) in [6.45, 7) is 0. The quantitative estimate of drug-likeness (QED) is 0.932. The molecule has 2 atom stereocenters. The molecule has 1 aliphatic rings. The van der Waals surface area contributed by atoms with Crippen LogP contribution in [0, 0.1) is 5.82 Å². The van der Waals surface area contributed by atoms with E-state index in [1.165, 1.54) is 18.4 Å². The summed E-state index contributed by atoms with van der Waals surface area (Å²) in [5.74, 6) is -0.470. The second-order valence-corrected chi connectivity index (χ2v) is 7.82. The number of halogens is 2. The molecule has 1 fully saturated rings. The Balaban J connectivity index is 2.04. The minimum Gasteiger partial charge on any atom is -0.382 e. The number of hydrogen-bond acceptors (Lipinski definition) is 3. The van der Waals surface area contributed by atoms with Gasteiger partial charge in [0.25, 0.3) is 0 Å². The average Bonchev–Trinajstić information content (AvgIpc) is 2.33. The Morgan fingerprint density at radius 2 is 2.11 bits per heavy atom. The maximum Gasteiger partial charge on any atom is 0.150 e. The van der Waals surface area contributed by atoms with Gasteiger partial charge in [0.15, 0.2) is 0 Å². The van der Waals surface area contributed by atoms with Gasteiger partial charge in [0.05, 0.1) is 10.3 Å². The molecular formula is C13H17ClFNO2S. The average molecular weight is 306 g/mol. The Kier molecular flexibility index (Phi) is 4.36. The highest BCUT2D eigenvalue weighted by atomic mass is 35.5.